The number of hydrogen-bond donors (Lipinski definition) is 0. The summed E-state index contributed by atoms with van der Waals surface area (Å²) in [5, 5.41) is 0. The Bertz CT molecular complexity index is 321. The summed E-state index contributed by atoms with van der Waals surface area (Å²) in [6.07, 6.45) is 7.62. The second-order valence-electron chi connectivity index (χ2n) is 4.07. The van der Waals surface area contributed by atoms with Crippen molar-refractivity contribution >= 4 is 19.7 Å². The Kier molecular flexibility index (Phi) is 2.41. The van der Waals surface area contributed by atoms with Crippen LogP contribution in [0, 0.1) is 17.8 Å². The Morgan fingerprint density at radius 3 is 2.54 bits per heavy atom. The van der Waals surface area contributed by atoms with Gasteiger partial charge in [0.15, 0.2) is 0 Å². The van der Waals surface area contributed by atoms with Gasteiger partial charge in [-0.15, -0.1) is 0 Å². The topological polar surface area (TPSA) is 34.1 Å². The molecule has 0 N–H and O–H groups in total. The fourth-order valence-electron chi connectivity index (χ4n) is 2.52. The van der Waals surface area contributed by atoms with E-state index in [-0.39, 0.29) is 5.75 Å². The molecule has 2 bridgehead atoms. The summed E-state index contributed by atoms with van der Waals surface area (Å²) in [7, 11) is 1.89. The van der Waals surface area contributed by atoms with E-state index in [4.69, 9.17) is 10.7 Å². The molecule has 0 saturated heterocycles. The molecule has 13 heavy (non-hydrogen) atoms. The van der Waals surface area contributed by atoms with Gasteiger partial charge in [-0.05, 0) is 37.0 Å². The highest BCUT2D eigenvalue weighted by Crippen LogP contribution is 2.44. The minimum atomic E-state index is -3.28. The zero-order valence-corrected chi connectivity index (χ0v) is 8.89. The van der Waals surface area contributed by atoms with Crippen LogP contribution < -0.4 is 0 Å². The molecule has 0 aromatic rings. The average Bonchev–Trinajstić information content (AvgIpc) is 2.58. The van der Waals surface area contributed by atoms with Gasteiger partial charge in [0.25, 0.3) is 0 Å². The molecule has 2 aliphatic rings. The van der Waals surface area contributed by atoms with Crippen LogP contribution in [-0.4, -0.2) is 14.2 Å². The standard InChI is InChI=1S/C9H13ClO2S/c10-13(11,12)4-3-9-6-7-1-2-8(9)5-7/h1-2,7-9H,3-6H2. The van der Waals surface area contributed by atoms with E-state index in [1.807, 2.05) is 0 Å². The highest BCUT2D eigenvalue weighted by molar-refractivity contribution is 8.13. The summed E-state index contributed by atoms with van der Waals surface area (Å²) in [4.78, 5) is 0. The first-order valence-electron chi connectivity index (χ1n) is 4.65. The maximum absolute atomic E-state index is 10.7. The molecule has 0 aromatic carbocycles. The first kappa shape index (κ1) is 9.53. The van der Waals surface area contributed by atoms with E-state index in [9.17, 15) is 8.42 Å². The molecule has 2 rings (SSSR count). The summed E-state index contributed by atoms with van der Waals surface area (Å²) >= 11 is 0. The lowest BCUT2D eigenvalue weighted by molar-refractivity contribution is 0.434. The molecule has 3 atom stereocenters. The second kappa shape index (κ2) is 3.28. The van der Waals surface area contributed by atoms with E-state index in [0.717, 1.165) is 12.8 Å². The molecular formula is C9H13ClO2S. The average molecular weight is 221 g/mol. The molecule has 0 spiro atoms. The van der Waals surface area contributed by atoms with Gasteiger partial charge in [0.1, 0.15) is 0 Å². The number of allylic oxidation sites excluding steroid dienone is 2. The second-order valence-corrected chi connectivity index (χ2v) is 6.97. The van der Waals surface area contributed by atoms with Crippen molar-refractivity contribution < 1.29 is 8.42 Å². The first-order chi connectivity index (χ1) is 6.04. The SMILES string of the molecule is O=S(=O)(Cl)CCC1CC2C=CC1C2. The smallest absolute Gasteiger partial charge is 0.212 e. The molecule has 1 fully saturated rings. The molecule has 2 aliphatic carbocycles. The normalized spacial score (nSPS) is 37.2. The van der Waals surface area contributed by atoms with Gasteiger partial charge in [0.05, 0.1) is 5.75 Å². The molecule has 0 aliphatic heterocycles. The summed E-state index contributed by atoms with van der Waals surface area (Å²) < 4.78 is 21.5. The first-order valence-corrected chi connectivity index (χ1v) is 7.13. The molecule has 0 aromatic heterocycles. The largest absolute Gasteiger partial charge is 0.232 e. The maximum atomic E-state index is 10.7. The third-order valence-electron chi connectivity index (χ3n) is 3.15. The van der Waals surface area contributed by atoms with E-state index in [1.54, 1.807) is 0 Å². The molecule has 74 valence electrons. The minimum Gasteiger partial charge on any atom is -0.212 e. The van der Waals surface area contributed by atoms with Crippen molar-refractivity contribution in [2.45, 2.75) is 19.3 Å². The van der Waals surface area contributed by atoms with E-state index in [0.29, 0.717) is 17.8 Å². The fourth-order valence-corrected chi connectivity index (χ4v) is 3.37. The van der Waals surface area contributed by atoms with Crippen LogP contribution in [0.1, 0.15) is 19.3 Å². The predicted molar refractivity (Wildman–Crippen MR) is 53.1 cm³/mol. The van der Waals surface area contributed by atoms with Gasteiger partial charge in [0.2, 0.25) is 9.05 Å². The monoisotopic (exact) mass is 220 g/mol. The number of fused-ring (bicyclic) bond motifs is 2. The Morgan fingerprint density at radius 2 is 2.08 bits per heavy atom. The summed E-state index contributed by atoms with van der Waals surface area (Å²) in [5.74, 6) is 2.04. The molecule has 3 unspecified atom stereocenters. The van der Waals surface area contributed by atoms with Crippen molar-refractivity contribution in [2.75, 3.05) is 5.75 Å². The van der Waals surface area contributed by atoms with Crippen molar-refractivity contribution in [3.63, 3.8) is 0 Å². The van der Waals surface area contributed by atoms with Crippen LogP contribution in [-0.2, 0) is 9.05 Å². The zero-order valence-electron chi connectivity index (χ0n) is 7.32. The molecule has 4 heteroatoms. The summed E-state index contributed by atoms with van der Waals surface area (Å²) in [6, 6.07) is 0. The number of rotatable bonds is 3. The molecule has 1 saturated carbocycles. The van der Waals surface area contributed by atoms with Gasteiger partial charge >= 0.3 is 0 Å². The fraction of sp³-hybridized carbons (Fsp3) is 0.778. The van der Waals surface area contributed by atoms with E-state index >= 15 is 0 Å². The Morgan fingerprint density at radius 1 is 1.31 bits per heavy atom. The maximum Gasteiger partial charge on any atom is 0.232 e. The third kappa shape index (κ3) is 2.26. The Balaban J connectivity index is 1.88. The van der Waals surface area contributed by atoms with Crippen LogP contribution in [0.2, 0.25) is 0 Å². The third-order valence-corrected chi connectivity index (χ3v) is 4.34. The lowest BCUT2D eigenvalue weighted by Crippen LogP contribution is -2.11. The van der Waals surface area contributed by atoms with E-state index in [1.165, 1.54) is 6.42 Å². The van der Waals surface area contributed by atoms with Gasteiger partial charge in [-0.25, -0.2) is 8.42 Å². The Hall–Kier alpha value is -0.0200. The van der Waals surface area contributed by atoms with Crippen LogP contribution in [0.5, 0.6) is 0 Å². The van der Waals surface area contributed by atoms with E-state index < -0.39 is 9.05 Å². The van der Waals surface area contributed by atoms with Crippen LogP contribution >= 0.6 is 10.7 Å². The molecule has 0 radical (unpaired) electrons. The summed E-state index contributed by atoms with van der Waals surface area (Å²) in [5.41, 5.74) is 0. The van der Waals surface area contributed by atoms with Crippen LogP contribution in [0.25, 0.3) is 0 Å². The quantitative estimate of drug-likeness (QED) is 0.540. The lowest BCUT2D eigenvalue weighted by atomic mass is 9.91. The van der Waals surface area contributed by atoms with Gasteiger partial charge in [-0.3, -0.25) is 0 Å². The van der Waals surface area contributed by atoms with Crippen LogP contribution in [0.3, 0.4) is 0 Å². The predicted octanol–water partition coefficient (Wildman–Crippen LogP) is 2.16. The van der Waals surface area contributed by atoms with Crippen LogP contribution in [0.4, 0.5) is 0 Å². The Labute approximate surface area is 83.4 Å². The molecule has 0 amide bonds. The molecular weight excluding hydrogens is 208 g/mol. The molecule has 2 nitrogen and oxygen atoms in total. The van der Waals surface area contributed by atoms with Gasteiger partial charge in [-0.2, -0.15) is 0 Å². The molecule has 0 heterocycles. The van der Waals surface area contributed by atoms with Gasteiger partial charge in [-0.1, -0.05) is 12.2 Å². The number of halogens is 1. The highest BCUT2D eigenvalue weighted by atomic mass is 35.7. The van der Waals surface area contributed by atoms with Crippen molar-refractivity contribution in [1.82, 2.24) is 0 Å². The highest BCUT2D eigenvalue weighted by Gasteiger charge is 2.35. The zero-order chi connectivity index (χ0) is 9.47. The van der Waals surface area contributed by atoms with Gasteiger partial charge < -0.3 is 0 Å². The summed E-state index contributed by atoms with van der Waals surface area (Å²) in [6.45, 7) is 0. The van der Waals surface area contributed by atoms with E-state index in [2.05, 4.69) is 12.2 Å². The van der Waals surface area contributed by atoms with Crippen molar-refractivity contribution in [3.05, 3.63) is 12.2 Å². The van der Waals surface area contributed by atoms with Gasteiger partial charge in [0, 0.05) is 10.7 Å². The lowest BCUT2D eigenvalue weighted by Gasteiger charge is -2.16. The minimum absolute atomic E-state index is 0.135. The van der Waals surface area contributed by atoms with Crippen molar-refractivity contribution in [2.24, 2.45) is 17.8 Å². The van der Waals surface area contributed by atoms with Crippen LogP contribution in [0.15, 0.2) is 12.2 Å². The number of hydrogen-bond acceptors (Lipinski definition) is 2. The van der Waals surface area contributed by atoms with Crippen molar-refractivity contribution in [1.29, 1.82) is 0 Å². The van der Waals surface area contributed by atoms with Crippen molar-refractivity contribution in [3.8, 4) is 0 Å².